The summed E-state index contributed by atoms with van der Waals surface area (Å²) in [4.78, 5) is 38.5. The highest BCUT2D eigenvalue weighted by molar-refractivity contribution is 5.99. The van der Waals surface area contributed by atoms with Gasteiger partial charge in [0, 0.05) is 43.5 Å². The van der Waals surface area contributed by atoms with Crippen LogP contribution in [0.4, 0.5) is 26.2 Å². The van der Waals surface area contributed by atoms with Crippen molar-refractivity contribution < 1.29 is 23.1 Å². The van der Waals surface area contributed by atoms with E-state index < -0.39 is 12.6 Å². The molecule has 44 heavy (non-hydrogen) atoms. The number of dihydropyridines is 1. The Morgan fingerprint density at radius 1 is 1.18 bits per heavy atom. The van der Waals surface area contributed by atoms with Crippen LogP contribution in [-0.2, 0) is 21.5 Å². The molecule has 230 valence electrons. The number of nitrogens with zero attached hydrogens (tertiary/aromatic N) is 4. The van der Waals surface area contributed by atoms with Crippen molar-refractivity contribution in [2.45, 2.75) is 50.2 Å². The number of allylic oxidation sites excluding steroid dienone is 3. The summed E-state index contributed by atoms with van der Waals surface area (Å²) >= 11 is 0. The number of nitrogens with one attached hydrogen (secondary N) is 4. The molecule has 0 radical (unpaired) electrons. The Balaban J connectivity index is 1.17. The average molecular weight is 605 g/mol. The third kappa shape index (κ3) is 5.71. The van der Waals surface area contributed by atoms with E-state index in [9.17, 15) is 18.4 Å². The zero-order chi connectivity index (χ0) is 30.3. The van der Waals surface area contributed by atoms with Gasteiger partial charge in [0.25, 0.3) is 18.2 Å². The molecule has 2 bridgehead atoms. The summed E-state index contributed by atoms with van der Waals surface area (Å²) in [6, 6.07) is 6.01. The number of morpholine rings is 1. The van der Waals surface area contributed by atoms with Gasteiger partial charge in [-0.05, 0) is 61.1 Å². The van der Waals surface area contributed by atoms with E-state index in [1.807, 2.05) is 29.2 Å². The quantitative estimate of drug-likeness (QED) is 0.389. The van der Waals surface area contributed by atoms with Gasteiger partial charge in [0.2, 0.25) is 5.95 Å². The van der Waals surface area contributed by atoms with Crippen molar-refractivity contribution in [2.75, 3.05) is 43.4 Å². The van der Waals surface area contributed by atoms with Gasteiger partial charge in [0.15, 0.2) is 12.8 Å². The summed E-state index contributed by atoms with van der Waals surface area (Å²) in [6.07, 6.45) is 9.59. The van der Waals surface area contributed by atoms with Crippen LogP contribution in [-0.4, -0.2) is 77.0 Å². The maximum absolute atomic E-state index is 13.2. The summed E-state index contributed by atoms with van der Waals surface area (Å²) in [5.41, 5.74) is 3.18. The topological polar surface area (TPSA) is 124 Å². The maximum atomic E-state index is 13.2. The zero-order valence-electron chi connectivity index (χ0n) is 24.1. The summed E-state index contributed by atoms with van der Waals surface area (Å²) < 4.78 is 32.1. The fourth-order valence-corrected chi connectivity index (χ4v) is 6.41. The number of rotatable bonds is 4. The van der Waals surface area contributed by atoms with Crippen molar-refractivity contribution in [1.82, 2.24) is 30.4 Å². The van der Waals surface area contributed by atoms with E-state index in [-0.39, 0.29) is 47.7 Å². The first-order valence-corrected chi connectivity index (χ1v) is 15.0. The number of fused-ring (bicyclic) bond motifs is 4. The zero-order valence-corrected chi connectivity index (χ0v) is 24.1. The number of ether oxygens (including phenoxy) is 1. The molecule has 1 spiro atoms. The van der Waals surface area contributed by atoms with Gasteiger partial charge in [-0.15, -0.1) is 0 Å². The molecule has 2 aromatic rings. The van der Waals surface area contributed by atoms with Crippen LogP contribution in [0.5, 0.6) is 0 Å². The van der Waals surface area contributed by atoms with E-state index in [0.29, 0.717) is 37.8 Å². The summed E-state index contributed by atoms with van der Waals surface area (Å²) in [5.74, 6) is 1.26. The fourth-order valence-electron chi connectivity index (χ4n) is 6.41. The van der Waals surface area contributed by atoms with Crippen molar-refractivity contribution in [2.24, 2.45) is 0 Å². The van der Waals surface area contributed by atoms with E-state index in [0.717, 1.165) is 36.9 Å². The second-order valence-electron chi connectivity index (χ2n) is 11.8. The number of halogens is 2. The third-order valence-corrected chi connectivity index (χ3v) is 8.68. The molecule has 1 saturated heterocycles. The van der Waals surface area contributed by atoms with Crippen molar-refractivity contribution in [3.63, 3.8) is 0 Å². The number of amides is 2. The predicted molar refractivity (Wildman–Crippen MR) is 159 cm³/mol. The van der Waals surface area contributed by atoms with Crippen LogP contribution in [0.25, 0.3) is 0 Å². The van der Waals surface area contributed by atoms with Crippen LogP contribution < -0.4 is 21.3 Å². The number of hydrogen-bond acceptors (Lipinski definition) is 9. The van der Waals surface area contributed by atoms with Crippen molar-refractivity contribution in [3.8, 4) is 0 Å². The van der Waals surface area contributed by atoms with Gasteiger partial charge in [-0.2, -0.15) is 4.98 Å². The lowest BCUT2D eigenvalue weighted by Gasteiger charge is -2.40. The third-order valence-electron chi connectivity index (χ3n) is 8.68. The number of benzene rings is 1. The van der Waals surface area contributed by atoms with Crippen molar-refractivity contribution >= 4 is 29.3 Å². The summed E-state index contributed by atoms with van der Waals surface area (Å²) in [6.45, 7) is 1.76. The first-order chi connectivity index (χ1) is 21.4. The second-order valence-corrected chi connectivity index (χ2v) is 11.8. The highest BCUT2D eigenvalue weighted by atomic mass is 19.3. The van der Waals surface area contributed by atoms with E-state index in [4.69, 9.17) is 4.74 Å². The lowest BCUT2D eigenvalue weighted by Crippen LogP contribution is -2.56. The minimum atomic E-state index is -2.38. The van der Waals surface area contributed by atoms with Crippen LogP contribution >= 0.6 is 0 Å². The van der Waals surface area contributed by atoms with E-state index >= 15 is 0 Å². The molecule has 1 unspecified atom stereocenters. The van der Waals surface area contributed by atoms with Crippen LogP contribution in [0.2, 0.25) is 0 Å². The molecule has 11 nitrogen and oxygen atoms in total. The molecule has 5 aliphatic rings. The first kappa shape index (κ1) is 28.3. The second kappa shape index (κ2) is 11.5. The number of anilines is 3. The Labute approximate surface area is 253 Å². The van der Waals surface area contributed by atoms with Crippen molar-refractivity contribution in [1.29, 1.82) is 0 Å². The van der Waals surface area contributed by atoms with Gasteiger partial charge in [-0.1, -0.05) is 18.2 Å². The molecule has 4 aliphatic heterocycles. The molecule has 13 heteroatoms. The minimum Gasteiger partial charge on any atom is -0.484 e. The molecule has 1 aliphatic carbocycles. The molecule has 1 aromatic carbocycles. The number of carbonyl (C=O) groups excluding carboxylic acids is 2. The minimum absolute atomic E-state index is 0.00606. The smallest absolute Gasteiger partial charge is 0.262 e. The Bertz CT molecular complexity index is 1570. The van der Waals surface area contributed by atoms with Crippen LogP contribution in [0.15, 0.2) is 60.3 Å². The van der Waals surface area contributed by atoms with E-state index in [1.165, 1.54) is 11.8 Å². The van der Waals surface area contributed by atoms with Gasteiger partial charge >= 0.3 is 0 Å². The molecule has 5 heterocycles. The number of aromatic nitrogens is 2. The van der Waals surface area contributed by atoms with Gasteiger partial charge < -0.3 is 30.9 Å². The molecular weight excluding hydrogens is 570 g/mol. The lowest BCUT2D eigenvalue weighted by atomic mass is 9.86. The molecule has 1 aromatic heterocycles. The SMILES string of the molecule is O=C1NC/C=C\CCCN2C(=O)COC3=CC=C(Nc4nc(Nc5ccc6c(c5)CN(CC(F)F)CC65CC5)ncc41)NC32. The highest BCUT2D eigenvalue weighted by Gasteiger charge is 2.49. The Kier molecular flexibility index (Phi) is 7.40. The standard InChI is InChI=1S/C31H34F2N8O3/c32-24(33)16-40-15-19-13-20(5-6-22(19)31(18-40)9-10-31)36-30-35-14-21-27(39-30)37-25-8-7-23-28(38-25)41(26(42)17-44-23)12-4-2-1-3-11-34-29(21)43/h1,3,5-8,13-14,24,28,38H,2,4,9-12,15-18H2,(H,34,43)(H2,35,36,37,39)/b3-1-. The monoisotopic (exact) mass is 604 g/mol. The van der Waals surface area contributed by atoms with Crippen LogP contribution in [0, 0.1) is 0 Å². The Morgan fingerprint density at radius 2 is 2.07 bits per heavy atom. The number of alkyl halides is 2. The Morgan fingerprint density at radius 3 is 2.91 bits per heavy atom. The molecule has 1 atom stereocenters. The Hall–Kier alpha value is -4.52. The lowest BCUT2D eigenvalue weighted by molar-refractivity contribution is -0.143. The maximum Gasteiger partial charge on any atom is 0.262 e. The average Bonchev–Trinajstić information content (AvgIpc) is 3.76. The predicted octanol–water partition coefficient (Wildman–Crippen LogP) is 3.34. The fraction of sp³-hybridized carbons (Fsp3) is 0.419. The molecule has 7 rings (SSSR count). The largest absolute Gasteiger partial charge is 0.484 e. The summed E-state index contributed by atoms with van der Waals surface area (Å²) in [7, 11) is 0. The number of carbonyl (C=O) groups is 2. The molecule has 2 amide bonds. The summed E-state index contributed by atoms with van der Waals surface area (Å²) in [5, 5.41) is 12.6. The van der Waals surface area contributed by atoms with Gasteiger partial charge in [0.05, 0.1) is 6.54 Å². The van der Waals surface area contributed by atoms with Gasteiger partial charge in [-0.3, -0.25) is 14.5 Å². The molecule has 2 fully saturated rings. The highest BCUT2D eigenvalue weighted by Crippen LogP contribution is 2.52. The van der Waals surface area contributed by atoms with E-state index in [2.05, 4.69) is 37.3 Å². The van der Waals surface area contributed by atoms with Gasteiger partial charge in [0.1, 0.15) is 23.0 Å². The van der Waals surface area contributed by atoms with E-state index in [1.54, 1.807) is 17.1 Å². The van der Waals surface area contributed by atoms with Crippen LogP contribution in [0.3, 0.4) is 0 Å². The van der Waals surface area contributed by atoms with Crippen LogP contribution in [0.1, 0.15) is 47.2 Å². The normalized spacial score (nSPS) is 23.3. The first-order valence-electron chi connectivity index (χ1n) is 15.0. The molecular formula is C31H34F2N8O3. The molecule has 1 saturated carbocycles. The van der Waals surface area contributed by atoms with Crippen molar-refractivity contribution in [3.05, 3.63) is 77.0 Å². The molecule has 4 N–H and O–H groups in total. The number of hydrogen-bond donors (Lipinski definition) is 4. The van der Waals surface area contributed by atoms with Gasteiger partial charge in [-0.25, -0.2) is 13.8 Å².